The lowest BCUT2D eigenvalue weighted by Gasteiger charge is -2.11. The van der Waals surface area contributed by atoms with Gasteiger partial charge in [-0.3, -0.25) is 4.79 Å². The molecule has 7 nitrogen and oxygen atoms in total. The Balaban J connectivity index is 2.67. The van der Waals surface area contributed by atoms with E-state index in [1.807, 2.05) is 0 Å². The van der Waals surface area contributed by atoms with Crippen molar-refractivity contribution in [1.29, 1.82) is 0 Å². The Labute approximate surface area is 104 Å². The van der Waals surface area contributed by atoms with Gasteiger partial charge < -0.3 is 15.0 Å². The SMILES string of the molecule is CCOc1nc(Cl)nc(NCC(=O)N(C)C)n1. The van der Waals surface area contributed by atoms with Crippen molar-refractivity contribution in [2.24, 2.45) is 0 Å². The number of likely N-dealkylation sites (N-methyl/N-ethyl adjacent to an activating group) is 1. The molecule has 0 aliphatic rings. The highest BCUT2D eigenvalue weighted by molar-refractivity contribution is 6.28. The molecule has 1 rings (SSSR count). The molecule has 0 bridgehead atoms. The van der Waals surface area contributed by atoms with Crippen molar-refractivity contribution >= 4 is 23.5 Å². The second-order valence-corrected chi connectivity index (χ2v) is 3.62. The molecule has 0 saturated heterocycles. The van der Waals surface area contributed by atoms with Crippen LogP contribution in [0.4, 0.5) is 5.95 Å². The number of amides is 1. The van der Waals surface area contributed by atoms with Gasteiger partial charge in [-0.05, 0) is 18.5 Å². The largest absolute Gasteiger partial charge is 0.464 e. The highest BCUT2D eigenvalue weighted by atomic mass is 35.5. The van der Waals surface area contributed by atoms with E-state index in [9.17, 15) is 4.79 Å². The second-order valence-electron chi connectivity index (χ2n) is 3.29. The van der Waals surface area contributed by atoms with E-state index in [1.54, 1.807) is 21.0 Å². The van der Waals surface area contributed by atoms with Crippen LogP contribution in [0, 0.1) is 0 Å². The molecule has 94 valence electrons. The van der Waals surface area contributed by atoms with Crippen molar-refractivity contribution in [2.75, 3.05) is 32.6 Å². The van der Waals surface area contributed by atoms with Crippen LogP contribution in [0.1, 0.15) is 6.92 Å². The smallest absolute Gasteiger partial charge is 0.322 e. The number of hydrogen-bond acceptors (Lipinski definition) is 6. The molecule has 0 aromatic carbocycles. The molecule has 1 N–H and O–H groups in total. The van der Waals surface area contributed by atoms with Crippen LogP contribution in [0.25, 0.3) is 0 Å². The van der Waals surface area contributed by atoms with Crippen molar-refractivity contribution in [2.45, 2.75) is 6.92 Å². The Morgan fingerprint density at radius 2 is 2.12 bits per heavy atom. The predicted molar refractivity (Wildman–Crippen MR) is 63.2 cm³/mol. The van der Waals surface area contributed by atoms with Crippen LogP contribution >= 0.6 is 11.6 Å². The van der Waals surface area contributed by atoms with Crippen molar-refractivity contribution < 1.29 is 9.53 Å². The van der Waals surface area contributed by atoms with Crippen molar-refractivity contribution in [3.05, 3.63) is 5.28 Å². The molecule has 1 aromatic heterocycles. The molecule has 0 unspecified atom stereocenters. The zero-order chi connectivity index (χ0) is 12.8. The van der Waals surface area contributed by atoms with Gasteiger partial charge in [0.15, 0.2) is 0 Å². The summed E-state index contributed by atoms with van der Waals surface area (Å²) < 4.78 is 5.10. The fraction of sp³-hybridized carbons (Fsp3) is 0.556. The van der Waals surface area contributed by atoms with E-state index in [2.05, 4.69) is 20.3 Å². The Kier molecular flexibility index (Phi) is 4.89. The maximum atomic E-state index is 11.3. The average molecular weight is 260 g/mol. The minimum atomic E-state index is -0.0977. The number of carbonyl (C=O) groups is 1. The molecule has 1 amide bonds. The van der Waals surface area contributed by atoms with Gasteiger partial charge in [0.2, 0.25) is 17.1 Å². The Hall–Kier alpha value is -1.63. The van der Waals surface area contributed by atoms with Gasteiger partial charge >= 0.3 is 6.01 Å². The Bertz CT molecular complexity index is 399. The fourth-order valence-corrected chi connectivity index (χ4v) is 1.07. The van der Waals surface area contributed by atoms with E-state index in [-0.39, 0.29) is 29.7 Å². The predicted octanol–water partition coefficient (Wildman–Crippen LogP) is 0.424. The highest BCUT2D eigenvalue weighted by Gasteiger charge is 2.08. The third kappa shape index (κ3) is 4.39. The summed E-state index contributed by atoms with van der Waals surface area (Å²) in [6, 6.07) is 0.132. The quantitative estimate of drug-likeness (QED) is 0.826. The van der Waals surface area contributed by atoms with Gasteiger partial charge in [0.25, 0.3) is 0 Å². The summed E-state index contributed by atoms with van der Waals surface area (Å²) in [4.78, 5) is 24.3. The van der Waals surface area contributed by atoms with Crippen molar-refractivity contribution in [1.82, 2.24) is 19.9 Å². The first-order valence-corrected chi connectivity index (χ1v) is 5.39. The van der Waals surface area contributed by atoms with Crippen LogP contribution in [0.2, 0.25) is 5.28 Å². The van der Waals surface area contributed by atoms with E-state index < -0.39 is 0 Å². The number of rotatable bonds is 5. The third-order valence-electron chi connectivity index (χ3n) is 1.76. The number of halogens is 1. The molecule has 1 heterocycles. The monoisotopic (exact) mass is 259 g/mol. The topological polar surface area (TPSA) is 80.2 Å². The van der Waals surface area contributed by atoms with Gasteiger partial charge in [0, 0.05) is 14.1 Å². The normalized spacial score (nSPS) is 9.88. The summed E-state index contributed by atoms with van der Waals surface area (Å²) >= 11 is 5.69. The zero-order valence-electron chi connectivity index (χ0n) is 9.90. The second kappa shape index (κ2) is 6.19. The minimum absolute atomic E-state index is 0.0169. The highest BCUT2D eigenvalue weighted by Crippen LogP contribution is 2.10. The standard InChI is InChI=1S/C9H14ClN5O2/c1-4-17-9-13-7(10)12-8(14-9)11-5-6(16)15(2)3/h4-5H2,1-3H3,(H,11,12,13,14). The van der Waals surface area contributed by atoms with E-state index in [0.29, 0.717) is 6.61 Å². The first-order chi connectivity index (χ1) is 8.02. The molecule has 0 fully saturated rings. The maximum Gasteiger partial charge on any atom is 0.322 e. The number of nitrogens with zero attached hydrogens (tertiary/aromatic N) is 4. The van der Waals surface area contributed by atoms with Gasteiger partial charge in [-0.15, -0.1) is 0 Å². The van der Waals surface area contributed by atoms with Crippen molar-refractivity contribution in [3.63, 3.8) is 0 Å². The molecule has 17 heavy (non-hydrogen) atoms. The Morgan fingerprint density at radius 3 is 2.71 bits per heavy atom. The van der Waals surface area contributed by atoms with Gasteiger partial charge in [0.05, 0.1) is 13.2 Å². The van der Waals surface area contributed by atoms with Gasteiger partial charge in [0.1, 0.15) is 0 Å². The number of ether oxygens (including phenoxy) is 1. The lowest BCUT2D eigenvalue weighted by molar-refractivity contribution is -0.126. The fourth-order valence-electron chi connectivity index (χ4n) is 0.917. The molecule has 0 saturated carbocycles. The number of anilines is 1. The van der Waals surface area contributed by atoms with Crippen LogP contribution in [0.3, 0.4) is 0 Å². The summed E-state index contributed by atoms with van der Waals surface area (Å²) in [5.41, 5.74) is 0. The molecular formula is C9H14ClN5O2. The molecule has 0 spiro atoms. The minimum Gasteiger partial charge on any atom is -0.464 e. The summed E-state index contributed by atoms with van der Waals surface area (Å²) in [5, 5.41) is 2.76. The molecule has 0 aliphatic heterocycles. The van der Waals surface area contributed by atoms with Gasteiger partial charge in [-0.2, -0.15) is 15.0 Å². The summed E-state index contributed by atoms with van der Waals surface area (Å²) in [6.45, 7) is 2.32. The molecule has 0 atom stereocenters. The first kappa shape index (κ1) is 13.4. The number of hydrogen-bond donors (Lipinski definition) is 1. The molecule has 8 heteroatoms. The molecule has 0 aliphatic carbocycles. The molecule has 0 radical (unpaired) electrons. The number of carbonyl (C=O) groups excluding carboxylic acids is 1. The number of aromatic nitrogens is 3. The van der Waals surface area contributed by atoms with E-state index in [4.69, 9.17) is 16.3 Å². The summed E-state index contributed by atoms with van der Waals surface area (Å²) in [6.07, 6.45) is 0. The third-order valence-corrected chi connectivity index (χ3v) is 1.93. The molecule has 1 aromatic rings. The zero-order valence-corrected chi connectivity index (χ0v) is 10.7. The van der Waals surface area contributed by atoms with Crippen LogP contribution in [-0.2, 0) is 4.79 Å². The van der Waals surface area contributed by atoms with Crippen LogP contribution in [0.15, 0.2) is 0 Å². The maximum absolute atomic E-state index is 11.3. The Morgan fingerprint density at radius 1 is 1.41 bits per heavy atom. The van der Waals surface area contributed by atoms with E-state index in [0.717, 1.165) is 0 Å². The van der Waals surface area contributed by atoms with Crippen LogP contribution < -0.4 is 10.1 Å². The first-order valence-electron chi connectivity index (χ1n) is 5.01. The van der Waals surface area contributed by atoms with E-state index >= 15 is 0 Å². The van der Waals surface area contributed by atoms with Crippen LogP contribution in [0.5, 0.6) is 6.01 Å². The lowest BCUT2D eigenvalue weighted by atomic mass is 10.5. The number of nitrogens with one attached hydrogen (secondary N) is 1. The van der Waals surface area contributed by atoms with Crippen molar-refractivity contribution in [3.8, 4) is 6.01 Å². The van der Waals surface area contributed by atoms with Crippen LogP contribution in [-0.4, -0.2) is 53.0 Å². The average Bonchev–Trinajstić information content (AvgIpc) is 2.25. The van der Waals surface area contributed by atoms with Gasteiger partial charge in [-0.25, -0.2) is 0 Å². The van der Waals surface area contributed by atoms with Gasteiger partial charge in [-0.1, -0.05) is 0 Å². The molecular weight excluding hydrogens is 246 g/mol. The van der Waals surface area contributed by atoms with E-state index in [1.165, 1.54) is 4.90 Å². The summed E-state index contributed by atoms with van der Waals surface area (Å²) in [5.74, 6) is 0.114. The summed E-state index contributed by atoms with van der Waals surface area (Å²) in [7, 11) is 3.33. The lowest BCUT2D eigenvalue weighted by Crippen LogP contribution is -2.29.